The zero-order valence-electron chi connectivity index (χ0n) is 23.2. The normalized spacial score (nSPS) is 32.6. The van der Waals surface area contributed by atoms with E-state index in [4.69, 9.17) is 9.47 Å². The fraction of sp³-hybridized carbons (Fsp3) is 0.645. The van der Waals surface area contributed by atoms with Crippen LogP contribution in [0.15, 0.2) is 43.0 Å². The highest BCUT2D eigenvalue weighted by Crippen LogP contribution is 2.65. The molecule has 2 amide bonds. The molecule has 3 heterocycles. The van der Waals surface area contributed by atoms with Gasteiger partial charge in [0, 0.05) is 12.6 Å². The lowest BCUT2D eigenvalue weighted by Crippen LogP contribution is -2.59. The van der Waals surface area contributed by atoms with Gasteiger partial charge in [-0.05, 0) is 44.6 Å². The number of rotatable bonds is 10. The van der Waals surface area contributed by atoms with Gasteiger partial charge in [0.05, 0.1) is 30.8 Å². The van der Waals surface area contributed by atoms with E-state index in [0.29, 0.717) is 25.8 Å². The van der Waals surface area contributed by atoms with E-state index in [1.165, 1.54) is 0 Å². The smallest absolute Gasteiger partial charge is 0.312 e. The minimum atomic E-state index is -1.15. The first-order chi connectivity index (χ1) is 18.9. The second-order valence-corrected chi connectivity index (χ2v) is 11.5. The van der Waals surface area contributed by atoms with Gasteiger partial charge >= 0.3 is 5.97 Å². The predicted octanol–water partition coefficient (Wildman–Crippen LogP) is 3.79. The number of amides is 2. The number of hydrogen-bond acceptors (Lipinski definition) is 6. The van der Waals surface area contributed by atoms with Crippen LogP contribution in [0.5, 0.6) is 0 Å². The molecule has 1 saturated carbocycles. The monoisotopic (exact) mass is 538 g/mol. The number of carbonyl (C=O) groups is 3. The van der Waals surface area contributed by atoms with Crippen LogP contribution < -0.4 is 0 Å². The molecule has 6 atom stereocenters. The molecule has 1 aliphatic carbocycles. The number of ether oxygens (including phenoxy) is 2. The van der Waals surface area contributed by atoms with Crippen LogP contribution in [0.1, 0.15) is 76.8 Å². The summed E-state index contributed by atoms with van der Waals surface area (Å²) in [5.41, 5.74) is -1.26. The molecular formula is C31H42N2O6. The Kier molecular flexibility index (Phi) is 7.89. The summed E-state index contributed by atoms with van der Waals surface area (Å²) in [5.74, 6) is -2.56. The van der Waals surface area contributed by atoms with Crippen LogP contribution in [0.3, 0.4) is 0 Å². The van der Waals surface area contributed by atoms with Gasteiger partial charge in [0.1, 0.15) is 17.6 Å². The van der Waals surface area contributed by atoms with Crippen molar-refractivity contribution in [1.29, 1.82) is 0 Å². The standard InChI is InChI=1S/C31H42N2O6/c1-4-19-32(22-15-11-8-12-16-22)28(36)26-31-18-17-30(5-2,39-31)25(29(37)38-6-3)24(31)27(35)33(26)23(20-34)21-13-9-7-10-14-21/h4,7,9-10,13-14,22-26,34H,1,5-6,8,11-12,15-20H2,2-3H3/t23-,24+,25-,26?,30+,31?/m1/s1. The van der Waals surface area contributed by atoms with Gasteiger partial charge in [-0.15, -0.1) is 6.58 Å². The molecule has 1 aromatic carbocycles. The molecule has 3 saturated heterocycles. The lowest BCUT2D eigenvalue weighted by atomic mass is 9.65. The number of nitrogens with zero attached hydrogens (tertiary/aromatic N) is 2. The Hall–Kier alpha value is -2.71. The quantitative estimate of drug-likeness (QED) is 0.360. The van der Waals surface area contributed by atoms with E-state index < -0.39 is 41.1 Å². The Labute approximate surface area is 231 Å². The number of aliphatic hydroxyl groups is 1. The molecule has 4 aliphatic rings. The number of esters is 1. The van der Waals surface area contributed by atoms with Crippen molar-refractivity contribution in [1.82, 2.24) is 9.80 Å². The zero-order valence-corrected chi connectivity index (χ0v) is 23.2. The van der Waals surface area contributed by atoms with Crippen molar-refractivity contribution < 1.29 is 29.0 Å². The number of aliphatic hydroxyl groups excluding tert-OH is 1. The fourth-order valence-corrected chi connectivity index (χ4v) is 8.00. The first kappa shape index (κ1) is 27.8. The van der Waals surface area contributed by atoms with Gasteiger partial charge in [-0.2, -0.15) is 0 Å². The highest BCUT2D eigenvalue weighted by atomic mass is 16.6. The maximum atomic E-state index is 14.8. The molecule has 0 aromatic heterocycles. The number of likely N-dealkylation sites (tertiary alicyclic amines) is 1. The van der Waals surface area contributed by atoms with Crippen LogP contribution in [0.4, 0.5) is 0 Å². The van der Waals surface area contributed by atoms with E-state index in [1.807, 2.05) is 42.2 Å². The van der Waals surface area contributed by atoms with Gasteiger partial charge in [0.25, 0.3) is 0 Å². The maximum absolute atomic E-state index is 14.8. The van der Waals surface area contributed by atoms with E-state index in [-0.39, 0.29) is 31.1 Å². The molecule has 2 unspecified atom stereocenters. The summed E-state index contributed by atoms with van der Waals surface area (Å²) in [7, 11) is 0. The van der Waals surface area contributed by atoms with Crippen molar-refractivity contribution in [3.8, 4) is 0 Å². The second kappa shape index (κ2) is 11.0. The summed E-state index contributed by atoms with van der Waals surface area (Å²) >= 11 is 0. The Morgan fingerprint density at radius 1 is 1.21 bits per heavy atom. The third-order valence-electron chi connectivity index (χ3n) is 9.71. The molecule has 1 N–H and O–H groups in total. The molecule has 8 nitrogen and oxygen atoms in total. The first-order valence-corrected chi connectivity index (χ1v) is 14.6. The molecule has 8 heteroatoms. The number of benzene rings is 1. The first-order valence-electron chi connectivity index (χ1n) is 14.6. The van der Waals surface area contributed by atoms with Crippen molar-refractivity contribution in [2.45, 2.75) is 94.5 Å². The average Bonchev–Trinajstić information content (AvgIpc) is 3.57. The molecule has 4 fully saturated rings. The minimum absolute atomic E-state index is 0.0561. The Balaban J connectivity index is 1.64. The van der Waals surface area contributed by atoms with E-state index in [1.54, 1.807) is 17.9 Å². The maximum Gasteiger partial charge on any atom is 0.312 e. The topological polar surface area (TPSA) is 96.4 Å². The molecule has 3 aliphatic heterocycles. The number of hydrogen-bond donors (Lipinski definition) is 1. The molecule has 39 heavy (non-hydrogen) atoms. The largest absolute Gasteiger partial charge is 0.466 e. The molecule has 212 valence electrons. The van der Waals surface area contributed by atoms with Crippen LogP contribution in [0.2, 0.25) is 0 Å². The van der Waals surface area contributed by atoms with Gasteiger partial charge < -0.3 is 24.4 Å². The van der Waals surface area contributed by atoms with Crippen molar-refractivity contribution in [2.75, 3.05) is 19.8 Å². The van der Waals surface area contributed by atoms with E-state index in [9.17, 15) is 19.5 Å². The summed E-state index contributed by atoms with van der Waals surface area (Å²) in [5, 5.41) is 10.7. The van der Waals surface area contributed by atoms with Gasteiger partial charge in [-0.25, -0.2) is 0 Å². The van der Waals surface area contributed by atoms with E-state index in [2.05, 4.69) is 6.58 Å². The van der Waals surface area contributed by atoms with Crippen molar-refractivity contribution >= 4 is 17.8 Å². The summed E-state index contributed by atoms with van der Waals surface area (Å²) in [6, 6.07) is 7.67. The molecule has 2 bridgehead atoms. The van der Waals surface area contributed by atoms with Gasteiger partial charge in [-0.3, -0.25) is 14.4 Å². The Morgan fingerprint density at radius 3 is 2.54 bits per heavy atom. The van der Waals surface area contributed by atoms with Gasteiger partial charge in [0.15, 0.2) is 0 Å². The lowest BCUT2D eigenvalue weighted by molar-refractivity contribution is -0.164. The molecule has 5 rings (SSSR count). The molecule has 0 radical (unpaired) electrons. The van der Waals surface area contributed by atoms with Crippen molar-refractivity contribution in [2.24, 2.45) is 11.8 Å². The van der Waals surface area contributed by atoms with Crippen LogP contribution in [0.25, 0.3) is 0 Å². The molecular weight excluding hydrogens is 496 g/mol. The highest BCUT2D eigenvalue weighted by Gasteiger charge is 2.79. The van der Waals surface area contributed by atoms with Gasteiger partial charge in [-0.1, -0.05) is 62.6 Å². The van der Waals surface area contributed by atoms with Crippen LogP contribution in [0, 0.1) is 11.8 Å². The van der Waals surface area contributed by atoms with E-state index >= 15 is 0 Å². The Morgan fingerprint density at radius 2 is 1.92 bits per heavy atom. The predicted molar refractivity (Wildman–Crippen MR) is 145 cm³/mol. The van der Waals surface area contributed by atoms with Crippen LogP contribution >= 0.6 is 0 Å². The summed E-state index contributed by atoms with van der Waals surface area (Å²) in [6.07, 6.45) is 8.43. The lowest BCUT2D eigenvalue weighted by Gasteiger charge is -2.42. The fourth-order valence-electron chi connectivity index (χ4n) is 8.00. The van der Waals surface area contributed by atoms with Crippen LogP contribution in [-0.2, 0) is 23.9 Å². The highest BCUT2D eigenvalue weighted by molar-refractivity contribution is 5.99. The van der Waals surface area contributed by atoms with Crippen molar-refractivity contribution in [3.63, 3.8) is 0 Å². The summed E-state index contributed by atoms with van der Waals surface area (Å²) in [4.78, 5) is 46.2. The number of carbonyl (C=O) groups excluding carboxylic acids is 3. The van der Waals surface area contributed by atoms with E-state index in [0.717, 1.165) is 37.7 Å². The zero-order chi connectivity index (χ0) is 27.8. The third kappa shape index (κ3) is 4.31. The number of fused-ring (bicyclic) bond motifs is 1. The summed E-state index contributed by atoms with van der Waals surface area (Å²) in [6.45, 7) is 7.87. The summed E-state index contributed by atoms with van der Waals surface area (Å²) < 4.78 is 12.4. The second-order valence-electron chi connectivity index (χ2n) is 11.5. The van der Waals surface area contributed by atoms with Gasteiger partial charge in [0.2, 0.25) is 11.8 Å². The molecule has 1 aromatic rings. The Bertz CT molecular complexity index is 1090. The SMILES string of the molecule is C=CCN(C(=O)C1N([C@H](CO)c2ccccc2)C(=O)[C@@H]2[C@H](C(=O)OCC)[C@]3(CC)CCC12O3)C1CCCCC1. The van der Waals surface area contributed by atoms with Crippen LogP contribution in [-0.4, -0.2) is 75.7 Å². The van der Waals surface area contributed by atoms with Crippen molar-refractivity contribution in [3.05, 3.63) is 48.6 Å². The minimum Gasteiger partial charge on any atom is -0.466 e. The third-order valence-corrected chi connectivity index (χ3v) is 9.71. The average molecular weight is 539 g/mol. The molecule has 1 spiro atoms.